The van der Waals surface area contributed by atoms with Crippen molar-refractivity contribution in [3.63, 3.8) is 0 Å². The highest BCUT2D eigenvalue weighted by Gasteiger charge is 2.33. The molecule has 22 heavy (non-hydrogen) atoms. The summed E-state index contributed by atoms with van der Waals surface area (Å²) in [5.74, 6) is 0. The summed E-state index contributed by atoms with van der Waals surface area (Å²) < 4.78 is 27.5. The third kappa shape index (κ3) is 4.49. The third-order valence-corrected chi connectivity index (χ3v) is 6.31. The lowest BCUT2D eigenvalue weighted by Crippen LogP contribution is -2.46. The molecule has 0 bridgehead atoms. The Kier molecular flexibility index (Phi) is 7.92. The lowest BCUT2D eigenvalue weighted by molar-refractivity contribution is 0.262. The first-order chi connectivity index (χ1) is 9.96. The molecule has 1 aromatic carbocycles. The van der Waals surface area contributed by atoms with E-state index in [1.807, 2.05) is 6.92 Å². The average molecular weight is 388 g/mol. The Hall–Kier alpha value is -0.0400. The first-order valence-corrected chi connectivity index (χ1v) is 9.34. The Morgan fingerprint density at radius 1 is 1.27 bits per heavy atom. The van der Waals surface area contributed by atoms with Crippen LogP contribution in [0.4, 0.5) is 0 Å². The van der Waals surface area contributed by atoms with Crippen LogP contribution in [-0.4, -0.2) is 38.4 Å². The van der Waals surface area contributed by atoms with Crippen molar-refractivity contribution in [1.82, 2.24) is 9.62 Å². The van der Waals surface area contributed by atoms with Gasteiger partial charge in [-0.05, 0) is 50.6 Å². The molecule has 0 spiro atoms. The van der Waals surface area contributed by atoms with E-state index in [4.69, 9.17) is 23.2 Å². The van der Waals surface area contributed by atoms with Gasteiger partial charge < -0.3 is 5.32 Å². The molecule has 1 aliphatic heterocycles. The number of halogens is 3. The van der Waals surface area contributed by atoms with Crippen molar-refractivity contribution < 1.29 is 8.42 Å². The normalized spacial score (nSPS) is 16.5. The monoisotopic (exact) mass is 386 g/mol. The minimum absolute atomic E-state index is 0. The number of nitrogens with one attached hydrogen (secondary N) is 1. The SMILES string of the molecule is CCCN(C1CCNCC1)S(=O)(=O)c1cc(Cl)ccc1Cl.Cl. The van der Waals surface area contributed by atoms with E-state index in [9.17, 15) is 8.42 Å². The minimum atomic E-state index is -3.63. The summed E-state index contributed by atoms with van der Waals surface area (Å²) in [6.45, 7) is 4.15. The van der Waals surface area contributed by atoms with Crippen LogP contribution in [-0.2, 0) is 10.0 Å². The molecule has 1 N–H and O–H groups in total. The fraction of sp³-hybridized carbons (Fsp3) is 0.571. The second-order valence-electron chi connectivity index (χ2n) is 5.17. The van der Waals surface area contributed by atoms with E-state index < -0.39 is 10.0 Å². The van der Waals surface area contributed by atoms with Crippen molar-refractivity contribution in [3.8, 4) is 0 Å². The van der Waals surface area contributed by atoms with Gasteiger partial charge in [0, 0.05) is 17.6 Å². The summed E-state index contributed by atoms with van der Waals surface area (Å²) in [5, 5.41) is 3.85. The zero-order valence-electron chi connectivity index (χ0n) is 12.4. The molecule has 1 heterocycles. The van der Waals surface area contributed by atoms with Crippen molar-refractivity contribution in [2.24, 2.45) is 0 Å². The van der Waals surface area contributed by atoms with Crippen LogP contribution in [0.3, 0.4) is 0 Å². The standard InChI is InChI=1S/C14H20Cl2N2O2S.ClH/c1-2-9-18(12-5-7-17-8-6-12)21(19,20)14-10-11(15)3-4-13(14)16;/h3-4,10,12,17H,2,5-9H2,1H3;1H. The molecule has 126 valence electrons. The van der Waals surface area contributed by atoms with Crippen molar-refractivity contribution in [3.05, 3.63) is 28.2 Å². The Balaban J connectivity index is 0.00000242. The lowest BCUT2D eigenvalue weighted by atomic mass is 10.1. The molecule has 0 aliphatic carbocycles. The maximum atomic E-state index is 13.0. The van der Waals surface area contributed by atoms with Crippen LogP contribution >= 0.6 is 35.6 Å². The molecular weight excluding hydrogens is 367 g/mol. The van der Waals surface area contributed by atoms with Gasteiger partial charge in [-0.1, -0.05) is 30.1 Å². The van der Waals surface area contributed by atoms with E-state index in [1.165, 1.54) is 12.1 Å². The second-order valence-corrected chi connectivity index (χ2v) is 7.87. The maximum Gasteiger partial charge on any atom is 0.244 e. The number of piperidine rings is 1. The summed E-state index contributed by atoms with van der Waals surface area (Å²) in [6.07, 6.45) is 2.40. The molecule has 0 radical (unpaired) electrons. The Labute approximate surface area is 148 Å². The number of benzene rings is 1. The van der Waals surface area contributed by atoms with Crippen LogP contribution < -0.4 is 5.32 Å². The molecule has 0 atom stereocenters. The Morgan fingerprint density at radius 2 is 1.91 bits per heavy atom. The molecule has 0 aromatic heterocycles. The van der Waals surface area contributed by atoms with Gasteiger partial charge in [-0.25, -0.2) is 8.42 Å². The molecule has 0 saturated carbocycles. The molecule has 4 nitrogen and oxygen atoms in total. The lowest BCUT2D eigenvalue weighted by Gasteiger charge is -2.33. The molecule has 2 rings (SSSR count). The highest BCUT2D eigenvalue weighted by atomic mass is 35.5. The van der Waals surface area contributed by atoms with Crippen molar-refractivity contribution in [1.29, 1.82) is 0 Å². The van der Waals surface area contributed by atoms with E-state index >= 15 is 0 Å². The summed E-state index contributed by atoms with van der Waals surface area (Å²) >= 11 is 12.0. The van der Waals surface area contributed by atoms with Gasteiger partial charge in [-0.15, -0.1) is 12.4 Å². The molecule has 1 aromatic rings. The van der Waals surface area contributed by atoms with Crippen LogP contribution in [0, 0.1) is 0 Å². The number of sulfonamides is 1. The quantitative estimate of drug-likeness (QED) is 0.840. The second kappa shape index (κ2) is 8.71. The fourth-order valence-electron chi connectivity index (χ4n) is 2.62. The molecule has 0 unspecified atom stereocenters. The number of rotatable bonds is 5. The Morgan fingerprint density at radius 3 is 2.50 bits per heavy atom. The van der Waals surface area contributed by atoms with Gasteiger partial charge in [0.25, 0.3) is 0 Å². The van der Waals surface area contributed by atoms with Crippen molar-refractivity contribution in [2.75, 3.05) is 19.6 Å². The van der Waals surface area contributed by atoms with E-state index in [0.717, 1.165) is 32.4 Å². The van der Waals surface area contributed by atoms with Gasteiger partial charge in [-0.3, -0.25) is 0 Å². The number of hydrogen-bond acceptors (Lipinski definition) is 3. The predicted molar refractivity (Wildman–Crippen MR) is 93.8 cm³/mol. The molecular formula is C14H21Cl3N2O2S. The third-order valence-electron chi connectivity index (χ3n) is 3.64. The van der Waals surface area contributed by atoms with Crippen LogP contribution in [0.25, 0.3) is 0 Å². The average Bonchev–Trinajstić information content (AvgIpc) is 2.48. The first kappa shape index (κ1) is 20.0. The van der Waals surface area contributed by atoms with Gasteiger partial charge in [0.1, 0.15) is 4.90 Å². The zero-order valence-corrected chi connectivity index (χ0v) is 15.5. The largest absolute Gasteiger partial charge is 0.317 e. The van der Waals surface area contributed by atoms with Gasteiger partial charge in [0.05, 0.1) is 5.02 Å². The van der Waals surface area contributed by atoms with Crippen molar-refractivity contribution >= 4 is 45.6 Å². The first-order valence-electron chi connectivity index (χ1n) is 7.14. The molecule has 1 fully saturated rings. The zero-order chi connectivity index (χ0) is 15.5. The maximum absolute atomic E-state index is 13.0. The van der Waals surface area contributed by atoms with E-state index in [-0.39, 0.29) is 28.4 Å². The summed E-state index contributed by atoms with van der Waals surface area (Å²) in [5.41, 5.74) is 0. The van der Waals surface area contributed by atoms with E-state index in [1.54, 1.807) is 10.4 Å². The predicted octanol–water partition coefficient (Wildman–Crippen LogP) is 3.57. The molecule has 0 amide bonds. The highest BCUT2D eigenvalue weighted by molar-refractivity contribution is 7.89. The summed E-state index contributed by atoms with van der Waals surface area (Å²) in [7, 11) is -3.63. The number of hydrogen-bond donors (Lipinski definition) is 1. The fourth-order valence-corrected chi connectivity index (χ4v) is 5.13. The summed E-state index contributed by atoms with van der Waals surface area (Å²) in [4.78, 5) is 0.101. The topological polar surface area (TPSA) is 49.4 Å². The molecule has 8 heteroatoms. The molecule has 1 aliphatic rings. The van der Waals surface area contributed by atoms with E-state index in [2.05, 4.69) is 5.32 Å². The van der Waals surface area contributed by atoms with Gasteiger partial charge >= 0.3 is 0 Å². The smallest absolute Gasteiger partial charge is 0.244 e. The van der Waals surface area contributed by atoms with Crippen LogP contribution in [0.2, 0.25) is 10.0 Å². The highest BCUT2D eigenvalue weighted by Crippen LogP contribution is 2.30. The van der Waals surface area contributed by atoms with Gasteiger partial charge in [0.2, 0.25) is 10.0 Å². The van der Waals surface area contributed by atoms with Crippen LogP contribution in [0.5, 0.6) is 0 Å². The van der Waals surface area contributed by atoms with Gasteiger partial charge in [-0.2, -0.15) is 4.31 Å². The van der Waals surface area contributed by atoms with Gasteiger partial charge in [0.15, 0.2) is 0 Å². The Bertz CT molecular complexity index is 590. The number of nitrogens with zero attached hydrogens (tertiary/aromatic N) is 1. The van der Waals surface area contributed by atoms with Crippen LogP contribution in [0.1, 0.15) is 26.2 Å². The van der Waals surface area contributed by atoms with Crippen molar-refractivity contribution in [2.45, 2.75) is 37.1 Å². The molecule has 1 saturated heterocycles. The van der Waals surface area contributed by atoms with E-state index in [0.29, 0.717) is 11.6 Å². The van der Waals surface area contributed by atoms with Crippen LogP contribution in [0.15, 0.2) is 23.1 Å². The summed E-state index contributed by atoms with van der Waals surface area (Å²) in [6, 6.07) is 4.58. The minimum Gasteiger partial charge on any atom is -0.317 e.